The number of hydrogen-bond donors (Lipinski definition) is 1. The van der Waals surface area contributed by atoms with E-state index < -0.39 is 0 Å². The standard InChI is InChI=1S/C18H24N2O3/c1-13-5-4-8-15(9-13)20-11-16(23-12-17(20)21)10-19-18(22)14-6-2-3-7-14/h4-5,8-9,14,16H,2-3,6-7,10-12H2,1H3,(H,19,22). The molecule has 0 aromatic heterocycles. The Morgan fingerprint density at radius 3 is 2.87 bits per heavy atom. The monoisotopic (exact) mass is 316 g/mol. The number of carbonyl (C=O) groups excluding carboxylic acids is 2. The molecule has 1 aliphatic heterocycles. The van der Waals surface area contributed by atoms with Crippen molar-refractivity contribution in [3.05, 3.63) is 29.8 Å². The Morgan fingerprint density at radius 1 is 1.35 bits per heavy atom. The Balaban J connectivity index is 1.57. The predicted molar refractivity (Wildman–Crippen MR) is 88.2 cm³/mol. The smallest absolute Gasteiger partial charge is 0.253 e. The summed E-state index contributed by atoms with van der Waals surface area (Å²) in [5.41, 5.74) is 2.01. The van der Waals surface area contributed by atoms with Gasteiger partial charge in [0.1, 0.15) is 6.61 Å². The highest BCUT2D eigenvalue weighted by Gasteiger charge is 2.29. The van der Waals surface area contributed by atoms with Crippen LogP contribution in [0, 0.1) is 12.8 Å². The number of nitrogens with one attached hydrogen (secondary N) is 1. The Bertz CT molecular complexity index is 581. The van der Waals surface area contributed by atoms with Gasteiger partial charge in [0.15, 0.2) is 0 Å². The van der Waals surface area contributed by atoms with Crippen LogP contribution in [0.5, 0.6) is 0 Å². The zero-order valence-corrected chi connectivity index (χ0v) is 13.6. The van der Waals surface area contributed by atoms with Crippen LogP contribution >= 0.6 is 0 Å². The molecule has 3 rings (SSSR count). The average molecular weight is 316 g/mol. The van der Waals surface area contributed by atoms with Crippen molar-refractivity contribution in [2.24, 2.45) is 5.92 Å². The Kier molecular flexibility index (Phi) is 4.96. The molecule has 0 radical (unpaired) electrons. The fraction of sp³-hybridized carbons (Fsp3) is 0.556. The normalized spacial score (nSPS) is 22.4. The van der Waals surface area contributed by atoms with Crippen LogP contribution in [0.25, 0.3) is 0 Å². The number of morpholine rings is 1. The molecule has 1 saturated heterocycles. The first-order chi connectivity index (χ1) is 11.1. The van der Waals surface area contributed by atoms with Crippen LogP contribution in [-0.2, 0) is 14.3 Å². The summed E-state index contributed by atoms with van der Waals surface area (Å²) in [6, 6.07) is 7.89. The van der Waals surface area contributed by atoms with Gasteiger partial charge in [0.2, 0.25) is 5.91 Å². The van der Waals surface area contributed by atoms with Gasteiger partial charge in [-0.15, -0.1) is 0 Å². The number of aryl methyl sites for hydroxylation is 1. The van der Waals surface area contributed by atoms with Crippen molar-refractivity contribution in [3.8, 4) is 0 Å². The van der Waals surface area contributed by atoms with Crippen LogP contribution in [0.15, 0.2) is 24.3 Å². The highest BCUT2D eigenvalue weighted by Crippen LogP contribution is 2.25. The molecule has 2 amide bonds. The molecule has 124 valence electrons. The first-order valence-electron chi connectivity index (χ1n) is 8.40. The lowest BCUT2D eigenvalue weighted by molar-refractivity contribution is -0.130. The molecule has 0 spiro atoms. The number of ether oxygens (including phenoxy) is 1. The van der Waals surface area contributed by atoms with Crippen LogP contribution in [-0.4, -0.2) is 37.6 Å². The maximum absolute atomic E-state index is 12.1. The lowest BCUT2D eigenvalue weighted by atomic mass is 10.1. The third-order valence-corrected chi connectivity index (χ3v) is 4.67. The Labute approximate surface area is 137 Å². The van der Waals surface area contributed by atoms with Gasteiger partial charge in [0.05, 0.1) is 12.6 Å². The molecule has 0 bridgehead atoms. The van der Waals surface area contributed by atoms with Gasteiger partial charge in [-0.2, -0.15) is 0 Å². The Hall–Kier alpha value is -1.88. The molecule has 5 heteroatoms. The fourth-order valence-electron chi connectivity index (χ4n) is 3.34. The fourth-order valence-corrected chi connectivity index (χ4v) is 3.34. The van der Waals surface area contributed by atoms with Crippen molar-refractivity contribution in [2.45, 2.75) is 38.7 Å². The maximum atomic E-state index is 12.1. The van der Waals surface area contributed by atoms with Gasteiger partial charge in [0, 0.05) is 18.2 Å². The molecular formula is C18H24N2O3. The van der Waals surface area contributed by atoms with Gasteiger partial charge in [0.25, 0.3) is 5.91 Å². The molecule has 1 heterocycles. The summed E-state index contributed by atoms with van der Waals surface area (Å²) < 4.78 is 5.58. The van der Waals surface area contributed by atoms with E-state index in [1.807, 2.05) is 31.2 Å². The van der Waals surface area contributed by atoms with Gasteiger partial charge in [-0.05, 0) is 37.5 Å². The number of carbonyl (C=O) groups is 2. The molecule has 5 nitrogen and oxygen atoms in total. The third-order valence-electron chi connectivity index (χ3n) is 4.67. The summed E-state index contributed by atoms with van der Waals surface area (Å²) in [5.74, 6) is 0.257. The first kappa shape index (κ1) is 16.0. The molecule has 1 aromatic carbocycles. The van der Waals surface area contributed by atoms with Crippen molar-refractivity contribution in [2.75, 3.05) is 24.6 Å². The van der Waals surface area contributed by atoms with Crippen LogP contribution in [0.3, 0.4) is 0 Å². The molecule has 1 N–H and O–H groups in total. The van der Waals surface area contributed by atoms with E-state index in [9.17, 15) is 9.59 Å². The molecule has 1 aliphatic carbocycles. The van der Waals surface area contributed by atoms with Crippen molar-refractivity contribution < 1.29 is 14.3 Å². The molecule has 2 fully saturated rings. The van der Waals surface area contributed by atoms with Gasteiger partial charge >= 0.3 is 0 Å². The van der Waals surface area contributed by atoms with E-state index in [4.69, 9.17) is 4.74 Å². The Morgan fingerprint density at radius 2 is 2.13 bits per heavy atom. The SMILES string of the molecule is Cc1cccc(N2CC(CNC(=O)C3CCCC3)OCC2=O)c1. The largest absolute Gasteiger partial charge is 0.365 e. The van der Waals surface area contributed by atoms with E-state index in [-0.39, 0.29) is 30.4 Å². The van der Waals surface area contributed by atoms with E-state index in [0.29, 0.717) is 13.1 Å². The van der Waals surface area contributed by atoms with E-state index in [0.717, 1.165) is 36.9 Å². The summed E-state index contributed by atoms with van der Waals surface area (Å²) in [6.45, 7) is 3.02. The summed E-state index contributed by atoms with van der Waals surface area (Å²) in [7, 11) is 0. The summed E-state index contributed by atoms with van der Waals surface area (Å²) in [4.78, 5) is 26.0. The van der Waals surface area contributed by atoms with E-state index in [2.05, 4.69) is 5.32 Å². The van der Waals surface area contributed by atoms with Crippen molar-refractivity contribution in [3.63, 3.8) is 0 Å². The summed E-state index contributed by atoms with van der Waals surface area (Å²) in [6.07, 6.45) is 4.12. The van der Waals surface area contributed by atoms with Crippen molar-refractivity contribution in [1.82, 2.24) is 5.32 Å². The first-order valence-corrected chi connectivity index (χ1v) is 8.40. The van der Waals surface area contributed by atoms with Gasteiger partial charge in [-0.25, -0.2) is 0 Å². The average Bonchev–Trinajstić information content (AvgIpc) is 3.08. The van der Waals surface area contributed by atoms with Gasteiger partial charge in [-0.3, -0.25) is 9.59 Å². The van der Waals surface area contributed by atoms with Crippen LogP contribution in [0.2, 0.25) is 0 Å². The number of amides is 2. The lowest BCUT2D eigenvalue weighted by Gasteiger charge is -2.33. The molecule has 2 aliphatic rings. The number of rotatable bonds is 4. The van der Waals surface area contributed by atoms with Crippen LogP contribution in [0.4, 0.5) is 5.69 Å². The summed E-state index contributed by atoms with van der Waals surface area (Å²) >= 11 is 0. The molecule has 23 heavy (non-hydrogen) atoms. The van der Waals surface area contributed by atoms with Crippen LogP contribution < -0.4 is 10.2 Å². The second kappa shape index (κ2) is 7.13. The van der Waals surface area contributed by atoms with E-state index >= 15 is 0 Å². The minimum absolute atomic E-state index is 0.0334. The second-order valence-corrected chi connectivity index (χ2v) is 6.50. The topological polar surface area (TPSA) is 58.6 Å². The second-order valence-electron chi connectivity index (χ2n) is 6.50. The molecule has 1 saturated carbocycles. The number of anilines is 1. The minimum Gasteiger partial charge on any atom is -0.365 e. The number of hydrogen-bond acceptors (Lipinski definition) is 3. The quantitative estimate of drug-likeness (QED) is 0.925. The lowest BCUT2D eigenvalue weighted by Crippen LogP contribution is -2.51. The van der Waals surface area contributed by atoms with Gasteiger partial charge < -0.3 is 15.0 Å². The molecule has 1 aromatic rings. The maximum Gasteiger partial charge on any atom is 0.253 e. The zero-order chi connectivity index (χ0) is 16.2. The summed E-state index contributed by atoms with van der Waals surface area (Å²) in [5, 5.41) is 2.99. The van der Waals surface area contributed by atoms with E-state index in [1.165, 1.54) is 0 Å². The highest BCUT2D eigenvalue weighted by molar-refractivity contribution is 5.95. The predicted octanol–water partition coefficient (Wildman–Crippen LogP) is 2.03. The minimum atomic E-state index is -0.154. The highest BCUT2D eigenvalue weighted by atomic mass is 16.5. The van der Waals surface area contributed by atoms with Crippen molar-refractivity contribution in [1.29, 1.82) is 0 Å². The van der Waals surface area contributed by atoms with Crippen molar-refractivity contribution >= 4 is 17.5 Å². The zero-order valence-electron chi connectivity index (χ0n) is 13.6. The third kappa shape index (κ3) is 3.91. The molecule has 1 unspecified atom stereocenters. The van der Waals surface area contributed by atoms with Gasteiger partial charge in [-0.1, -0.05) is 25.0 Å². The molecular weight excluding hydrogens is 292 g/mol. The number of benzene rings is 1. The van der Waals surface area contributed by atoms with Crippen LogP contribution in [0.1, 0.15) is 31.2 Å². The number of nitrogens with zero attached hydrogens (tertiary/aromatic N) is 1. The van der Waals surface area contributed by atoms with E-state index in [1.54, 1.807) is 4.90 Å². The molecule has 1 atom stereocenters.